The van der Waals surface area contributed by atoms with Crippen LogP contribution in [0.25, 0.3) is 12.2 Å². The van der Waals surface area contributed by atoms with Gasteiger partial charge in [0.1, 0.15) is 17.2 Å². The number of fused-ring (bicyclic) bond motifs is 1. The van der Waals surface area contributed by atoms with Crippen LogP contribution in [-0.2, 0) is 4.79 Å². The maximum absolute atomic E-state index is 12.6. The fraction of sp³-hybridized carbons (Fsp3) is 0.0400. The summed E-state index contributed by atoms with van der Waals surface area (Å²) in [4.78, 5) is 24.7. The molecule has 0 aromatic heterocycles. The Labute approximate surface area is 173 Å². The first kappa shape index (κ1) is 19.2. The summed E-state index contributed by atoms with van der Waals surface area (Å²) in [5.74, 6) is 0.700. The Morgan fingerprint density at radius 1 is 0.967 bits per heavy atom. The number of hydrogen-bond donors (Lipinski definition) is 0. The van der Waals surface area contributed by atoms with Gasteiger partial charge in [-0.15, -0.1) is 0 Å². The fourth-order valence-electron chi connectivity index (χ4n) is 3.04. The highest BCUT2D eigenvalue weighted by atomic mass is 16.5. The third-order valence-corrected chi connectivity index (χ3v) is 4.50. The summed E-state index contributed by atoms with van der Waals surface area (Å²) in [7, 11) is 1.57. The number of methoxy groups -OCH3 is 1. The molecular weight excluding hydrogens is 380 g/mol. The van der Waals surface area contributed by atoms with Crippen LogP contribution in [0, 0.1) is 0 Å². The van der Waals surface area contributed by atoms with Crippen LogP contribution in [0.4, 0.5) is 0 Å². The summed E-state index contributed by atoms with van der Waals surface area (Å²) in [6.07, 6.45) is 4.65. The number of para-hydroxylation sites is 1. The van der Waals surface area contributed by atoms with Gasteiger partial charge < -0.3 is 14.2 Å². The molecule has 1 aliphatic heterocycles. The van der Waals surface area contributed by atoms with Gasteiger partial charge in [0.15, 0.2) is 5.76 Å². The minimum Gasteiger partial charge on any atom is -0.496 e. The Hall–Kier alpha value is -4.12. The Morgan fingerprint density at radius 3 is 2.53 bits per heavy atom. The van der Waals surface area contributed by atoms with E-state index in [1.807, 2.05) is 48.5 Å². The van der Waals surface area contributed by atoms with Gasteiger partial charge in [-0.2, -0.15) is 0 Å². The van der Waals surface area contributed by atoms with Crippen molar-refractivity contribution >= 4 is 23.9 Å². The first-order valence-electron chi connectivity index (χ1n) is 9.30. The molecule has 0 aliphatic carbocycles. The number of carbonyl (C=O) groups is 2. The van der Waals surface area contributed by atoms with Crippen LogP contribution in [-0.4, -0.2) is 18.9 Å². The summed E-state index contributed by atoms with van der Waals surface area (Å²) in [5.41, 5.74) is 2.04. The second-order valence-electron chi connectivity index (χ2n) is 6.50. The largest absolute Gasteiger partial charge is 0.496 e. The number of benzene rings is 3. The molecule has 3 aromatic carbocycles. The molecule has 0 saturated carbocycles. The van der Waals surface area contributed by atoms with E-state index in [1.165, 1.54) is 12.1 Å². The van der Waals surface area contributed by atoms with Crippen LogP contribution in [0.2, 0.25) is 0 Å². The van der Waals surface area contributed by atoms with Gasteiger partial charge in [-0.25, -0.2) is 4.79 Å². The highest BCUT2D eigenvalue weighted by molar-refractivity contribution is 6.14. The van der Waals surface area contributed by atoms with E-state index in [9.17, 15) is 9.59 Å². The highest BCUT2D eigenvalue weighted by Crippen LogP contribution is 2.35. The molecule has 1 heterocycles. The van der Waals surface area contributed by atoms with Gasteiger partial charge >= 0.3 is 5.97 Å². The van der Waals surface area contributed by atoms with Crippen molar-refractivity contribution in [1.82, 2.24) is 0 Å². The Balaban J connectivity index is 1.50. The second-order valence-corrected chi connectivity index (χ2v) is 6.50. The molecule has 0 unspecified atom stereocenters. The molecule has 5 heteroatoms. The molecule has 3 aromatic rings. The standard InChI is InChI=1S/C25H18O5/c1-28-21-10-6-5-9-18(21)15-23-25(27)20-13-12-19(16-22(20)30-23)29-24(26)14-11-17-7-3-2-4-8-17/h2-16H,1H3. The van der Waals surface area contributed by atoms with Gasteiger partial charge in [0.2, 0.25) is 5.78 Å². The first-order valence-corrected chi connectivity index (χ1v) is 9.30. The molecule has 5 nitrogen and oxygen atoms in total. The van der Waals surface area contributed by atoms with E-state index in [0.717, 1.165) is 11.1 Å². The third-order valence-electron chi connectivity index (χ3n) is 4.50. The lowest BCUT2D eigenvalue weighted by Crippen LogP contribution is -2.03. The van der Waals surface area contributed by atoms with Crippen LogP contribution in [0.3, 0.4) is 0 Å². The van der Waals surface area contributed by atoms with Crippen LogP contribution >= 0.6 is 0 Å². The zero-order valence-electron chi connectivity index (χ0n) is 16.2. The average molecular weight is 398 g/mol. The van der Waals surface area contributed by atoms with Crippen molar-refractivity contribution in [3.05, 3.63) is 101 Å². The number of Topliss-reactive ketones (excluding diaryl/α,β-unsaturated/α-hetero) is 1. The van der Waals surface area contributed by atoms with Crippen molar-refractivity contribution in [3.63, 3.8) is 0 Å². The van der Waals surface area contributed by atoms with E-state index >= 15 is 0 Å². The molecule has 0 radical (unpaired) electrons. The van der Waals surface area contributed by atoms with Gasteiger partial charge in [0, 0.05) is 17.7 Å². The second kappa shape index (κ2) is 8.49. The molecule has 148 valence electrons. The lowest BCUT2D eigenvalue weighted by atomic mass is 10.1. The van der Waals surface area contributed by atoms with E-state index in [4.69, 9.17) is 14.2 Å². The quantitative estimate of drug-likeness (QED) is 0.346. The van der Waals surface area contributed by atoms with E-state index < -0.39 is 5.97 Å². The van der Waals surface area contributed by atoms with Gasteiger partial charge in [0.25, 0.3) is 0 Å². The zero-order valence-corrected chi connectivity index (χ0v) is 16.2. The van der Waals surface area contributed by atoms with E-state index in [-0.39, 0.29) is 11.5 Å². The van der Waals surface area contributed by atoms with Crippen LogP contribution < -0.4 is 14.2 Å². The highest BCUT2D eigenvalue weighted by Gasteiger charge is 2.28. The van der Waals surface area contributed by atoms with Gasteiger partial charge in [-0.3, -0.25) is 4.79 Å². The van der Waals surface area contributed by atoms with Crippen LogP contribution in [0.15, 0.2) is 84.6 Å². The number of allylic oxidation sites excluding steroid dienone is 1. The number of hydrogen-bond acceptors (Lipinski definition) is 5. The zero-order chi connectivity index (χ0) is 20.9. The van der Waals surface area contributed by atoms with Gasteiger partial charge in [-0.05, 0) is 35.9 Å². The van der Waals surface area contributed by atoms with Crippen molar-refractivity contribution in [3.8, 4) is 17.2 Å². The molecule has 30 heavy (non-hydrogen) atoms. The van der Waals surface area contributed by atoms with Gasteiger partial charge in [0.05, 0.1) is 12.7 Å². The summed E-state index contributed by atoms with van der Waals surface area (Å²) in [6.45, 7) is 0. The lowest BCUT2D eigenvalue weighted by Gasteiger charge is -2.05. The normalized spacial score (nSPS) is 13.9. The summed E-state index contributed by atoms with van der Waals surface area (Å²) in [6, 6.07) is 21.5. The first-order chi connectivity index (χ1) is 14.6. The van der Waals surface area contributed by atoms with E-state index in [1.54, 1.807) is 37.5 Å². The molecule has 4 rings (SSSR count). The monoisotopic (exact) mass is 398 g/mol. The molecule has 1 aliphatic rings. The van der Waals surface area contributed by atoms with Crippen molar-refractivity contribution < 1.29 is 23.8 Å². The number of ketones is 1. The third kappa shape index (κ3) is 4.15. The maximum atomic E-state index is 12.6. The number of ether oxygens (including phenoxy) is 3. The molecule has 0 spiro atoms. The Kier molecular flexibility index (Phi) is 5.44. The SMILES string of the molecule is COc1ccccc1C=C1Oc2cc(OC(=O)C=Cc3ccccc3)ccc2C1=O. The molecule has 0 N–H and O–H groups in total. The summed E-state index contributed by atoms with van der Waals surface area (Å²) < 4.78 is 16.4. The summed E-state index contributed by atoms with van der Waals surface area (Å²) >= 11 is 0. The Morgan fingerprint density at radius 2 is 1.73 bits per heavy atom. The molecule has 0 bridgehead atoms. The van der Waals surface area contributed by atoms with Crippen molar-refractivity contribution in [2.45, 2.75) is 0 Å². The molecule has 0 atom stereocenters. The maximum Gasteiger partial charge on any atom is 0.336 e. The number of esters is 1. The van der Waals surface area contributed by atoms with Crippen molar-refractivity contribution in [1.29, 1.82) is 0 Å². The predicted molar refractivity (Wildman–Crippen MR) is 113 cm³/mol. The smallest absolute Gasteiger partial charge is 0.336 e. The summed E-state index contributed by atoms with van der Waals surface area (Å²) in [5, 5.41) is 0. The Bertz CT molecular complexity index is 1160. The lowest BCUT2D eigenvalue weighted by molar-refractivity contribution is -0.128. The molecular formula is C25H18O5. The van der Waals surface area contributed by atoms with Crippen LogP contribution in [0.1, 0.15) is 21.5 Å². The van der Waals surface area contributed by atoms with E-state index in [2.05, 4.69) is 0 Å². The van der Waals surface area contributed by atoms with Gasteiger partial charge in [-0.1, -0.05) is 48.5 Å². The number of carbonyl (C=O) groups excluding carboxylic acids is 2. The number of rotatable bonds is 5. The van der Waals surface area contributed by atoms with Crippen molar-refractivity contribution in [2.24, 2.45) is 0 Å². The predicted octanol–water partition coefficient (Wildman–Crippen LogP) is 4.93. The fourth-order valence-corrected chi connectivity index (χ4v) is 3.04. The van der Waals surface area contributed by atoms with Crippen LogP contribution in [0.5, 0.6) is 17.2 Å². The molecule has 0 saturated heterocycles. The minimum absolute atomic E-state index is 0.182. The average Bonchev–Trinajstić information content (AvgIpc) is 3.08. The molecule has 0 fully saturated rings. The molecule has 0 amide bonds. The van der Waals surface area contributed by atoms with E-state index in [0.29, 0.717) is 22.8 Å². The topological polar surface area (TPSA) is 61.8 Å². The van der Waals surface area contributed by atoms with Crippen molar-refractivity contribution in [2.75, 3.05) is 7.11 Å². The minimum atomic E-state index is -0.520.